The van der Waals surface area contributed by atoms with Crippen molar-refractivity contribution in [3.8, 4) is 5.75 Å². The summed E-state index contributed by atoms with van der Waals surface area (Å²) in [5.41, 5.74) is 0.966. The molecule has 7 nitrogen and oxygen atoms in total. The number of rotatable bonds is 12. The van der Waals surface area contributed by atoms with Crippen LogP contribution in [-0.2, 0) is 16.0 Å². The SMILES string of the molecule is O=C(Cc1ccc(Sc2ccc(OCCOCCCl)cc2)nc1)Nc1cccc(Br)c1C(=O)O. The van der Waals surface area contributed by atoms with Gasteiger partial charge in [-0.05, 0) is 64.0 Å². The van der Waals surface area contributed by atoms with Crippen LogP contribution >= 0.6 is 39.3 Å². The molecule has 0 unspecified atom stereocenters. The van der Waals surface area contributed by atoms with Crippen molar-refractivity contribution in [3.05, 3.63) is 76.4 Å². The number of nitrogens with one attached hydrogen (secondary N) is 1. The Morgan fingerprint density at radius 1 is 1.06 bits per heavy atom. The molecule has 10 heteroatoms. The number of pyridine rings is 1. The van der Waals surface area contributed by atoms with Gasteiger partial charge in [0, 0.05) is 21.4 Å². The van der Waals surface area contributed by atoms with Crippen LogP contribution in [0.25, 0.3) is 0 Å². The highest BCUT2D eigenvalue weighted by Gasteiger charge is 2.16. The van der Waals surface area contributed by atoms with E-state index in [4.69, 9.17) is 21.1 Å². The number of ether oxygens (including phenoxy) is 2. The van der Waals surface area contributed by atoms with E-state index >= 15 is 0 Å². The number of hydrogen-bond acceptors (Lipinski definition) is 6. The highest BCUT2D eigenvalue weighted by Crippen LogP contribution is 2.28. The van der Waals surface area contributed by atoms with Crippen molar-refractivity contribution >= 4 is 56.9 Å². The summed E-state index contributed by atoms with van der Waals surface area (Å²) in [7, 11) is 0. The number of alkyl halides is 1. The smallest absolute Gasteiger partial charge is 0.338 e. The van der Waals surface area contributed by atoms with Gasteiger partial charge < -0.3 is 19.9 Å². The summed E-state index contributed by atoms with van der Waals surface area (Å²) in [5.74, 6) is -0.231. The molecule has 0 saturated heterocycles. The summed E-state index contributed by atoms with van der Waals surface area (Å²) in [6.07, 6.45) is 1.71. The third-order valence-electron chi connectivity index (χ3n) is 4.43. The molecule has 2 N–H and O–H groups in total. The van der Waals surface area contributed by atoms with Crippen LogP contribution in [0.4, 0.5) is 5.69 Å². The van der Waals surface area contributed by atoms with E-state index in [9.17, 15) is 14.7 Å². The predicted octanol–water partition coefficient (Wildman–Crippen LogP) is 5.51. The number of carbonyl (C=O) groups excluding carboxylic acids is 1. The molecule has 1 amide bonds. The van der Waals surface area contributed by atoms with Gasteiger partial charge in [0.25, 0.3) is 0 Å². The number of aromatic carboxylic acids is 1. The van der Waals surface area contributed by atoms with Crippen molar-refractivity contribution in [1.82, 2.24) is 4.98 Å². The van der Waals surface area contributed by atoms with Crippen LogP contribution in [0.2, 0.25) is 0 Å². The lowest BCUT2D eigenvalue weighted by atomic mass is 10.1. The van der Waals surface area contributed by atoms with E-state index in [1.807, 2.05) is 36.4 Å². The van der Waals surface area contributed by atoms with E-state index < -0.39 is 5.97 Å². The van der Waals surface area contributed by atoms with Gasteiger partial charge in [-0.25, -0.2) is 9.78 Å². The van der Waals surface area contributed by atoms with Crippen molar-refractivity contribution < 1.29 is 24.2 Å². The Labute approximate surface area is 215 Å². The molecule has 0 saturated carbocycles. The Balaban J connectivity index is 1.51. The maximum atomic E-state index is 12.4. The number of nitrogens with zero attached hydrogens (tertiary/aromatic N) is 1. The van der Waals surface area contributed by atoms with Crippen molar-refractivity contribution in [2.45, 2.75) is 16.3 Å². The molecule has 1 heterocycles. The molecule has 0 spiro atoms. The molecular formula is C24H22BrClN2O5S. The van der Waals surface area contributed by atoms with Gasteiger partial charge >= 0.3 is 5.97 Å². The maximum Gasteiger partial charge on any atom is 0.338 e. The summed E-state index contributed by atoms with van der Waals surface area (Å²) in [6, 6.07) is 16.2. The van der Waals surface area contributed by atoms with E-state index in [0.717, 1.165) is 15.7 Å². The third-order valence-corrected chi connectivity index (χ3v) is 6.20. The normalized spacial score (nSPS) is 10.6. The largest absolute Gasteiger partial charge is 0.491 e. The number of hydrogen-bond donors (Lipinski definition) is 2. The van der Waals surface area contributed by atoms with Crippen molar-refractivity contribution in [2.24, 2.45) is 0 Å². The van der Waals surface area contributed by atoms with Crippen LogP contribution in [0.15, 0.2) is 75.2 Å². The highest BCUT2D eigenvalue weighted by atomic mass is 79.9. The first-order valence-electron chi connectivity index (χ1n) is 10.3. The molecule has 0 aliphatic heterocycles. The van der Waals surface area contributed by atoms with Gasteiger partial charge in [0.05, 0.1) is 30.9 Å². The van der Waals surface area contributed by atoms with Gasteiger partial charge in [-0.2, -0.15) is 0 Å². The summed E-state index contributed by atoms with van der Waals surface area (Å²) in [5, 5.41) is 12.8. The Morgan fingerprint density at radius 3 is 2.53 bits per heavy atom. The summed E-state index contributed by atoms with van der Waals surface area (Å²) < 4.78 is 11.3. The predicted molar refractivity (Wildman–Crippen MR) is 135 cm³/mol. The fourth-order valence-corrected chi connectivity index (χ4v) is 4.30. The van der Waals surface area contributed by atoms with Gasteiger partial charge in [-0.1, -0.05) is 23.9 Å². The number of aromatic nitrogens is 1. The van der Waals surface area contributed by atoms with Crippen LogP contribution in [0.1, 0.15) is 15.9 Å². The fourth-order valence-electron chi connectivity index (χ4n) is 2.90. The van der Waals surface area contributed by atoms with Crippen molar-refractivity contribution in [2.75, 3.05) is 31.0 Å². The van der Waals surface area contributed by atoms with E-state index in [1.165, 1.54) is 11.8 Å². The average Bonchev–Trinajstić information content (AvgIpc) is 2.81. The van der Waals surface area contributed by atoms with Crippen LogP contribution in [0.5, 0.6) is 5.75 Å². The van der Waals surface area contributed by atoms with Gasteiger partial charge in [-0.3, -0.25) is 4.79 Å². The minimum Gasteiger partial charge on any atom is -0.491 e. The van der Waals surface area contributed by atoms with E-state index in [0.29, 0.717) is 35.7 Å². The van der Waals surface area contributed by atoms with E-state index in [1.54, 1.807) is 24.4 Å². The minimum absolute atomic E-state index is 0.0109. The zero-order valence-corrected chi connectivity index (χ0v) is 21.2. The Kier molecular flexibility index (Phi) is 10.2. The molecular weight excluding hydrogens is 544 g/mol. The molecule has 2 aromatic carbocycles. The lowest BCUT2D eigenvalue weighted by Crippen LogP contribution is -2.17. The number of halogens is 2. The summed E-state index contributed by atoms with van der Waals surface area (Å²) in [4.78, 5) is 29.3. The first-order chi connectivity index (χ1) is 16.5. The second-order valence-electron chi connectivity index (χ2n) is 6.92. The molecule has 0 atom stereocenters. The summed E-state index contributed by atoms with van der Waals surface area (Å²) in [6.45, 7) is 1.45. The molecule has 3 aromatic rings. The van der Waals surface area contributed by atoms with Gasteiger partial charge in [0.2, 0.25) is 5.91 Å². The zero-order chi connectivity index (χ0) is 24.3. The van der Waals surface area contributed by atoms with Gasteiger partial charge in [0.15, 0.2) is 0 Å². The Morgan fingerprint density at radius 2 is 1.85 bits per heavy atom. The molecule has 0 aliphatic carbocycles. The number of carbonyl (C=O) groups is 2. The number of amides is 1. The average molecular weight is 566 g/mol. The molecule has 34 heavy (non-hydrogen) atoms. The van der Waals surface area contributed by atoms with Crippen LogP contribution in [0, 0.1) is 0 Å². The molecule has 3 rings (SSSR count). The van der Waals surface area contributed by atoms with E-state index in [2.05, 4.69) is 26.2 Å². The lowest BCUT2D eigenvalue weighted by Gasteiger charge is -2.10. The molecule has 1 aromatic heterocycles. The fraction of sp³-hybridized carbons (Fsp3) is 0.208. The highest BCUT2D eigenvalue weighted by molar-refractivity contribution is 9.10. The minimum atomic E-state index is -1.12. The maximum absolute atomic E-state index is 12.4. The monoisotopic (exact) mass is 564 g/mol. The number of benzene rings is 2. The quantitative estimate of drug-likeness (QED) is 0.221. The number of anilines is 1. The second kappa shape index (κ2) is 13.3. The third kappa shape index (κ3) is 8.02. The van der Waals surface area contributed by atoms with Crippen LogP contribution in [-0.4, -0.2) is 47.7 Å². The Bertz CT molecular complexity index is 1110. The van der Waals surface area contributed by atoms with Gasteiger partial charge in [0.1, 0.15) is 17.4 Å². The topological polar surface area (TPSA) is 97.8 Å². The number of carboxylic acid groups (broad SMARTS) is 1. The van der Waals surface area contributed by atoms with Crippen molar-refractivity contribution in [1.29, 1.82) is 0 Å². The number of carboxylic acids is 1. The molecule has 0 radical (unpaired) electrons. The molecule has 0 aliphatic rings. The van der Waals surface area contributed by atoms with Gasteiger partial charge in [-0.15, -0.1) is 11.6 Å². The molecule has 0 bridgehead atoms. The van der Waals surface area contributed by atoms with E-state index in [-0.39, 0.29) is 23.6 Å². The standard InChI is InChI=1S/C24H22BrClN2O5S/c25-19-2-1-3-20(23(19)24(30)31)28-21(29)14-16-4-9-22(27-15-16)34-18-7-5-17(6-8-18)33-13-12-32-11-10-26/h1-9,15H,10-14H2,(H,28,29)(H,30,31). The second-order valence-corrected chi connectivity index (χ2v) is 9.25. The van der Waals surface area contributed by atoms with Crippen LogP contribution < -0.4 is 10.1 Å². The Hall–Kier alpha value is -2.59. The van der Waals surface area contributed by atoms with Crippen LogP contribution in [0.3, 0.4) is 0 Å². The van der Waals surface area contributed by atoms with Crippen molar-refractivity contribution in [3.63, 3.8) is 0 Å². The summed E-state index contributed by atoms with van der Waals surface area (Å²) >= 11 is 10.2. The molecule has 178 valence electrons. The molecule has 0 fully saturated rings. The first kappa shape index (κ1) is 26.0. The zero-order valence-electron chi connectivity index (χ0n) is 18.0. The lowest BCUT2D eigenvalue weighted by molar-refractivity contribution is -0.115. The first-order valence-corrected chi connectivity index (χ1v) is 12.4.